The maximum atomic E-state index is 12.8. The van der Waals surface area contributed by atoms with Crippen LogP contribution in [0.5, 0.6) is 0 Å². The van der Waals surface area contributed by atoms with Gasteiger partial charge in [-0.05, 0) is 41.8 Å². The highest BCUT2D eigenvalue weighted by Crippen LogP contribution is 2.24. The maximum absolute atomic E-state index is 12.8. The topological polar surface area (TPSA) is 26.0 Å². The van der Waals surface area contributed by atoms with E-state index in [0.717, 1.165) is 29.1 Å². The van der Waals surface area contributed by atoms with Crippen molar-refractivity contribution in [1.82, 2.24) is 0 Å². The van der Waals surface area contributed by atoms with Crippen molar-refractivity contribution >= 4 is 11.8 Å². The molecule has 2 aromatic rings. The molecule has 2 N–H and O–H groups in total. The summed E-state index contributed by atoms with van der Waals surface area (Å²) >= 11 is 1.65. The van der Waals surface area contributed by atoms with E-state index in [1.807, 2.05) is 0 Å². The number of aryl methyl sites for hydroxylation is 1. The number of benzene rings is 2. The number of hydrogen-bond donors (Lipinski definition) is 1. The van der Waals surface area contributed by atoms with Crippen LogP contribution in [0.4, 0.5) is 4.39 Å². The predicted octanol–water partition coefficient (Wildman–Crippen LogP) is 4.57. The molecular formula is C17H20FNS. The molecule has 0 aliphatic carbocycles. The summed E-state index contributed by atoms with van der Waals surface area (Å²) < 4.78 is 12.8. The molecule has 1 nitrogen and oxygen atoms in total. The summed E-state index contributed by atoms with van der Waals surface area (Å²) in [5.74, 6) is 0.587. The van der Waals surface area contributed by atoms with E-state index >= 15 is 0 Å². The molecule has 0 saturated carbocycles. The molecule has 0 heterocycles. The third kappa shape index (κ3) is 4.36. The molecule has 0 spiro atoms. The van der Waals surface area contributed by atoms with Crippen molar-refractivity contribution in [3.05, 3.63) is 65.5 Å². The highest BCUT2D eigenvalue weighted by Gasteiger charge is 2.07. The Labute approximate surface area is 124 Å². The number of halogens is 1. The third-order valence-corrected chi connectivity index (χ3v) is 4.32. The van der Waals surface area contributed by atoms with Gasteiger partial charge in [-0.3, -0.25) is 0 Å². The van der Waals surface area contributed by atoms with Gasteiger partial charge in [-0.2, -0.15) is 0 Å². The van der Waals surface area contributed by atoms with E-state index in [4.69, 9.17) is 5.73 Å². The molecule has 0 fully saturated rings. The van der Waals surface area contributed by atoms with E-state index in [1.165, 1.54) is 17.7 Å². The third-order valence-electron chi connectivity index (χ3n) is 3.19. The lowest BCUT2D eigenvalue weighted by Crippen LogP contribution is -2.12. The molecule has 0 aromatic heterocycles. The second-order valence-electron chi connectivity index (χ2n) is 4.86. The first-order valence-corrected chi connectivity index (χ1v) is 7.90. The molecule has 0 aliphatic heterocycles. The minimum atomic E-state index is -0.204. The first kappa shape index (κ1) is 15.1. The van der Waals surface area contributed by atoms with Gasteiger partial charge in [0, 0.05) is 16.7 Å². The van der Waals surface area contributed by atoms with E-state index < -0.39 is 0 Å². The monoisotopic (exact) mass is 289 g/mol. The molecule has 0 bridgehead atoms. The van der Waals surface area contributed by atoms with Gasteiger partial charge in [0.1, 0.15) is 5.82 Å². The van der Waals surface area contributed by atoms with Gasteiger partial charge in [0.25, 0.3) is 0 Å². The van der Waals surface area contributed by atoms with Gasteiger partial charge in [-0.25, -0.2) is 4.39 Å². The molecule has 0 radical (unpaired) electrons. The molecule has 2 rings (SSSR count). The molecule has 1 atom stereocenters. The van der Waals surface area contributed by atoms with Gasteiger partial charge in [0.05, 0.1) is 0 Å². The fourth-order valence-electron chi connectivity index (χ4n) is 2.03. The molecular weight excluding hydrogens is 269 g/mol. The standard InChI is InChI=1S/C17H20FNS/c1-2-3-13-4-6-14(7-5-13)17(19)12-20-16-10-8-15(18)9-11-16/h4-11,17H,2-3,12,19H2,1H3. The second-order valence-corrected chi connectivity index (χ2v) is 5.96. The van der Waals surface area contributed by atoms with E-state index in [2.05, 4.69) is 31.2 Å². The zero-order valence-corrected chi connectivity index (χ0v) is 12.5. The first-order valence-electron chi connectivity index (χ1n) is 6.92. The van der Waals surface area contributed by atoms with Gasteiger partial charge >= 0.3 is 0 Å². The SMILES string of the molecule is CCCc1ccc(C(N)CSc2ccc(F)cc2)cc1. The molecule has 0 aliphatic rings. The van der Waals surface area contributed by atoms with Crippen molar-refractivity contribution in [3.8, 4) is 0 Å². The van der Waals surface area contributed by atoms with E-state index in [9.17, 15) is 4.39 Å². The summed E-state index contributed by atoms with van der Waals surface area (Å²) in [6, 6.07) is 15.1. The zero-order chi connectivity index (χ0) is 14.4. The van der Waals surface area contributed by atoms with Crippen LogP contribution in [0.1, 0.15) is 30.5 Å². The molecule has 0 amide bonds. The van der Waals surface area contributed by atoms with Crippen LogP contribution < -0.4 is 5.73 Å². The summed E-state index contributed by atoms with van der Waals surface area (Å²) in [4.78, 5) is 1.05. The van der Waals surface area contributed by atoms with Crippen LogP contribution in [0.15, 0.2) is 53.4 Å². The van der Waals surface area contributed by atoms with Crippen molar-refractivity contribution in [2.75, 3.05) is 5.75 Å². The Balaban J connectivity index is 1.90. The normalized spacial score (nSPS) is 12.3. The fourth-order valence-corrected chi connectivity index (χ4v) is 2.93. The largest absolute Gasteiger partial charge is 0.323 e. The van der Waals surface area contributed by atoms with Crippen LogP contribution in [0, 0.1) is 5.82 Å². The smallest absolute Gasteiger partial charge is 0.123 e. The molecule has 2 aromatic carbocycles. The van der Waals surface area contributed by atoms with Crippen LogP contribution in [-0.2, 0) is 6.42 Å². The number of hydrogen-bond acceptors (Lipinski definition) is 2. The number of thioether (sulfide) groups is 1. The lowest BCUT2D eigenvalue weighted by Gasteiger charge is -2.12. The minimum absolute atomic E-state index is 0.000676. The lowest BCUT2D eigenvalue weighted by molar-refractivity contribution is 0.626. The predicted molar refractivity (Wildman–Crippen MR) is 84.5 cm³/mol. The average molecular weight is 289 g/mol. The van der Waals surface area contributed by atoms with Crippen LogP contribution in [0.2, 0.25) is 0 Å². The van der Waals surface area contributed by atoms with E-state index in [1.54, 1.807) is 23.9 Å². The average Bonchev–Trinajstić information content (AvgIpc) is 2.47. The summed E-state index contributed by atoms with van der Waals surface area (Å²) in [7, 11) is 0. The Morgan fingerprint density at radius 2 is 1.70 bits per heavy atom. The molecule has 1 unspecified atom stereocenters. The molecule has 0 saturated heterocycles. The second kappa shape index (κ2) is 7.46. The van der Waals surface area contributed by atoms with Crippen LogP contribution >= 0.6 is 11.8 Å². The lowest BCUT2D eigenvalue weighted by atomic mass is 10.0. The summed E-state index contributed by atoms with van der Waals surface area (Å²) in [5.41, 5.74) is 8.71. The summed E-state index contributed by atoms with van der Waals surface area (Å²) in [5, 5.41) is 0. The summed E-state index contributed by atoms with van der Waals surface area (Å²) in [6.07, 6.45) is 2.27. The van der Waals surface area contributed by atoms with Crippen LogP contribution in [0.3, 0.4) is 0 Å². The molecule has 106 valence electrons. The quantitative estimate of drug-likeness (QED) is 0.788. The van der Waals surface area contributed by atoms with Gasteiger partial charge in [-0.15, -0.1) is 11.8 Å². The minimum Gasteiger partial charge on any atom is -0.323 e. The van der Waals surface area contributed by atoms with Gasteiger partial charge < -0.3 is 5.73 Å². The summed E-state index contributed by atoms with van der Waals surface area (Å²) in [6.45, 7) is 2.18. The van der Waals surface area contributed by atoms with Crippen LogP contribution in [-0.4, -0.2) is 5.75 Å². The van der Waals surface area contributed by atoms with Gasteiger partial charge in [-0.1, -0.05) is 37.6 Å². The molecule has 3 heteroatoms. The van der Waals surface area contributed by atoms with Crippen molar-refractivity contribution < 1.29 is 4.39 Å². The Bertz CT molecular complexity index is 522. The van der Waals surface area contributed by atoms with E-state index in [0.29, 0.717) is 0 Å². The van der Waals surface area contributed by atoms with Gasteiger partial charge in [0.2, 0.25) is 0 Å². The van der Waals surface area contributed by atoms with E-state index in [-0.39, 0.29) is 11.9 Å². The van der Waals surface area contributed by atoms with Crippen molar-refractivity contribution in [2.45, 2.75) is 30.7 Å². The molecule has 20 heavy (non-hydrogen) atoms. The number of rotatable bonds is 6. The fraction of sp³-hybridized carbons (Fsp3) is 0.294. The van der Waals surface area contributed by atoms with Crippen LogP contribution in [0.25, 0.3) is 0 Å². The van der Waals surface area contributed by atoms with Crippen molar-refractivity contribution in [1.29, 1.82) is 0 Å². The Morgan fingerprint density at radius 1 is 1.05 bits per heavy atom. The Hall–Kier alpha value is -1.32. The Morgan fingerprint density at radius 3 is 2.30 bits per heavy atom. The Kier molecular flexibility index (Phi) is 5.62. The van der Waals surface area contributed by atoms with Gasteiger partial charge in [0.15, 0.2) is 0 Å². The van der Waals surface area contributed by atoms with Crippen molar-refractivity contribution in [2.24, 2.45) is 5.73 Å². The highest BCUT2D eigenvalue weighted by atomic mass is 32.2. The zero-order valence-electron chi connectivity index (χ0n) is 11.7. The number of nitrogens with two attached hydrogens (primary N) is 1. The first-order chi connectivity index (χ1) is 9.69. The highest BCUT2D eigenvalue weighted by molar-refractivity contribution is 7.99. The van der Waals surface area contributed by atoms with Crippen molar-refractivity contribution in [3.63, 3.8) is 0 Å². The maximum Gasteiger partial charge on any atom is 0.123 e.